The van der Waals surface area contributed by atoms with Crippen molar-refractivity contribution in [1.29, 1.82) is 0 Å². The number of carbonyl (C=O) groups is 2. The number of thiophene rings is 1. The molecule has 0 aliphatic rings. The summed E-state index contributed by atoms with van der Waals surface area (Å²) in [7, 11) is 0. The van der Waals surface area contributed by atoms with E-state index in [1.807, 2.05) is 0 Å². The molecule has 2 rings (SSSR count). The lowest BCUT2D eigenvalue weighted by Crippen LogP contribution is -2.09. The van der Waals surface area contributed by atoms with E-state index in [9.17, 15) is 19.7 Å². The van der Waals surface area contributed by atoms with Gasteiger partial charge in [-0.25, -0.2) is 0 Å². The van der Waals surface area contributed by atoms with Crippen LogP contribution in [0.4, 0.5) is 10.8 Å². The predicted molar refractivity (Wildman–Crippen MR) is 90.9 cm³/mol. The number of hydrogen-bond acceptors (Lipinski definition) is 10. The number of thioether (sulfide) groups is 1. The maximum atomic E-state index is 12.1. The lowest BCUT2D eigenvalue weighted by molar-refractivity contribution is -0.385. The Bertz CT molecular complexity index is 773. The van der Waals surface area contributed by atoms with Gasteiger partial charge in [-0.1, -0.05) is 23.1 Å². The molecule has 0 radical (unpaired) electrons. The van der Waals surface area contributed by atoms with Crippen LogP contribution in [-0.2, 0) is 9.53 Å². The quantitative estimate of drug-likeness (QED) is 0.252. The monoisotopic (exact) mass is 388 g/mol. The molecule has 0 unspecified atom stereocenters. The summed E-state index contributed by atoms with van der Waals surface area (Å²) in [5, 5.41) is 21.3. The van der Waals surface area contributed by atoms with Crippen molar-refractivity contribution in [2.45, 2.75) is 18.2 Å². The number of anilines is 1. The van der Waals surface area contributed by atoms with Gasteiger partial charge in [-0.2, -0.15) is 0 Å². The van der Waals surface area contributed by atoms with E-state index in [0.717, 1.165) is 34.4 Å². The predicted octanol–water partition coefficient (Wildman–Crippen LogP) is 2.72. The number of nitro groups is 1. The molecule has 0 aliphatic heterocycles. The van der Waals surface area contributed by atoms with Crippen LogP contribution in [0.25, 0.3) is 0 Å². The summed E-state index contributed by atoms with van der Waals surface area (Å²) in [6.45, 7) is 3.61. The Labute approximate surface area is 148 Å². The standard InChI is InChI=1S/C12H12N4O5S3/c1-3-21-9(17)5-22-12-15-14-11(24-12)13-10(18)8-4-7(16(19)20)6(2)23-8/h4H,3,5H2,1-2H3,(H,13,14,18). The van der Waals surface area contributed by atoms with E-state index in [4.69, 9.17) is 4.74 Å². The number of hydrogen-bond donors (Lipinski definition) is 1. The molecule has 9 nitrogen and oxygen atoms in total. The highest BCUT2D eigenvalue weighted by atomic mass is 32.2. The van der Waals surface area contributed by atoms with E-state index in [-0.39, 0.29) is 27.4 Å². The van der Waals surface area contributed by atoms with Gasteiger partial charge in [0.05, 0.1) is 27.0 Å². The zero-order valence-electron chi connectivity index (χ0n) is 12.6. The van der Waals surface area contributed by atoms with Gasteiger partial charge < -0.3 is 4.74 Å². The smallest absolute Gasteiger partial charge is 0.316 e. The van der Waals surface area contributed by atoms with Crippen molar-refractivity contribution in [1.82, 2.24) is 10.2 Å². The summed E-state index contributed by atoms with van der Waals surface area (Å²) in [5.74, 6) is -0.744. The van der Waals surface area contributed by atoms with Crippen molar-refractivity contribution in [2.75, 3.05) is 17.7 Å². The summed E-state index contributed by atoms with van der Waals surface area (Å²) in [4.78, 5) is 34.3. The number of aromatic nitrogens is 2. The van der Waals surface area contributed by atoms with E-state index >= 15 is 0 Å². The van der Waals surface area contributed by atoms with Gasteiger partial charge in [0.1, 0.15) is 0 Å². The Hall–Kier alpha value is -2.05. The van der Waals surface area contributed by atoms with Crippen LogP contribution in [0.2, 0.25) is 0 Å². The molecule has 0 aromatic carbocycles. The molecule has 0 fully saturated rings. The number of carbonyl (C=O) groups excluding carboxylic acids is 2. The van der Waals surface area contributed by atoms with Crippen molar-refractivity contribution in [2.24, 2.45) is 0 Å². The van der Waals surface area contributed by atoms with Crippen LogP contribution in [0.3, 0.4) is 0 Å². The third-order valence-electron chi connectivity index (χ3n) is 2.56. The Morgan fingerprint density at radius 2 is 2.17 bits per heavy atom. The average molecular weight is 388 g/mol. The van der Waals surface area contributed by atoms with Crippen LogP contribution in [0.15, 0.2) is 10.4 Å². The highest BCUT2D eigenvalue weighted by molar-refractivity contribution is 8.01. The summed E-state index contributed by atoms with van der Waals surface area (Å²) in [6, 6.07) is 1.23. The number of rotatable bonds is 7. The highest BCUT2D eigenvalue weighted by Gasteiger charge is 2.20. The molecule has 1 amide bonds. The van der Waals surface area contributed by atoms with Crippen molar-refractivity contribution < 1.29 is 19.2 Å². The minimum atomic E-state index is -0.530. The van der Waals surface area contributed by atoms with Crippen molar-refractivity contribution in [3.63, 3.8) is 0 Å². The van der Waals surface area contributed by atoms with E-state index in [2.05, 4.69) is 15.5 Å². The maximum absolute atomic E-state index is 12.1. The molecule has 24 heavy (non-hydrogen) atoms. The fraction of sp³-hybridized carbons (Fsp3) is 0.333. The van der Waals surface area contributed by atoms with Crippen LogP contribution >= 0.6 is 34.4 Å². The molecule has 128 valence electrons. The van der Waals surface area contributed by atoms with Gasteiger partial charge in [-0.05, 0) is 13.8 Å². The first kappa shape index (κ1) is 18.3. The topological polar surface area (TPSA) is 124 Å². The van der Waals surface area contributed by atoms with Crippen LogP contribution in [0.1, 0.15) is 21.5 Å². The fourth-order valence-corrected chi connectivity index (χ4v) is 3.99. The third-order valence-corrected chi connectivity index (χ3v) is 5.54. The summed E-state index contributed by atoms with van der Waals surface area (Å²) < 4.78 is 5.31. The van der Waals surface area contributed by atoms with Crippen LogP contribution in [0, 0.1) is 17.0 Å². The molecular weight excluding hydrogens is 376 g/mol. The Balaban J connectivity index is 1.96. The first-order chi connectivity index (χ1) is 11.4. The third kappa shape index (κ3) is 4.72. The molecule has 12 heteroatoms. The molecule has 0 saturated carbocycles. The second-order valence-corrected chi connectivity index (χ2v) is 7.69. The number of esters is 1. The van der Waals surface area contributed by atoms with Gasteiger partial charge in [0, 0.05) is 6.07 Å². The van der Waals surface area contributed by atoms with Gasteiger partial charge in [-0.15, -0.1) is 21.5 Å². The number of nitrogens with one attached hydrogen (secondary N) is 1. The number of ether oxygens (including phenoxy) is 1. The number of aryl methyl sites for hydroxylation is 1. The van der Waals surface area contributed by atoms with Crippen molar-refractivity contribution >= 4 is 57.1 Å². The number of nitrogens with zero attached hydrogens (tertiary/aromatic N) is 3. The fourth-order valence-electron chi connectivity index (χ4n) is 1.57. The van der Waals surface area contributed by atoms with Gasteiger partial charge in [-0.3, -0.25) is 25.0 Å². The van der Waals surface area contributed by atoms with Crippen LogP contribution < -0.4 is 5.32 Å². The molecule has 0 spiro atoms. The Morgan fingerprint density at radius 3 is 2.79 bits per heavy atom. The molecule has 0 bridgehead atoms. The molecule has 2 heterocycles. The van der Waals surface area contributed by atoms with E-state index in [1.165, 1.54) is 6.07 Å². The van der Waals surface area contributed by atoms with Gasteiger partial charge in [0.15, 0.2) is 4.34 Å². The molecule has 2 aromatic rings. The summed E-state index contributed by atoms with van der Waals surface area (Å²) in [5.41, 5.74) is -0.0897. The Kier molecular flexibility index (Phi) is 6.23. The van der Waals surface area contributed by atoms with Gasteiger partial charge in [0.25, 0.3) is 11.6 Å². The minimum Gasteiger partial charge on any atom is -0.465 e. The SMILES string of the molecule is CCOC(=O)CSc1nnc(NC(=O)c2cc([N+](=O)[O-])c(C)s2)s1. The van der Waals surface area contributed by atoms with Crippen molar-refractivity contribution in [3.05, 3.63) is 25.9 Å². The first-order valence-corrected chi connectivity index (χ1v) is 9.20. The largest absolute Gasteiger partial charge is 0.465 e. The second-order valence-electron chi connectivity index (χ2n) is 4.23. The van der Waals surface area contributed by atoms with Gasteiger partial charge >= 0.3 is 5.97 Å². The first-order valence-electron chi connectivity index (χ1n) is 6.58. The lowest BCUT2D eigenvalue weighted by Gasteiger charge is -1.98. The molecular formula is C12H12N4O5S3. The maximum Gasteiger partial charge on any atom is 0.316 e. The lowest BCUT2D eigenvalue weighted by atomic mass is 10.3. The molecule has 0 aliphatic carbocycles. The molecule has 0 atom stereocenters. The molecule has 0 saturated heterocycles. The molecule has 1 N–H and O–H groups in total. The van der Waals surface area contributed by atoms with E-state index in [0.29, 0.717) is 15.8 Å². The minimum absolute atomic E-state index is 0.0897. The second kappa shape index (κ2) is 8.17. The zero-order chi connectivity index (χ0) is 17.7. The normalized spacial score (nSPS) is 10.4. The average Bonchev–Trinajstić information content (AvgIpc) is 3.12. The summed E-state index contributed by atoms with van der Waals surface area (Å²) in [6.07, 6.45) is 0. The Morgan fingerprint density at radius 1 is 1.42 bits per heavy atom. The number of amides is 1. The van der Waals surface area contributed by atoms with Crippen molar-refractivity contribution in [3.8, 4) is 0 Å². The highest BCUT2D eigenvalue weighted by Crippen LogP contribution is 2.30. The summed E-state index contributed by atoms with van der Waals surface area (Å²) >= 11 is 3.29. The zero-order valence-corrected chi connectivity index (χ0v) is 15.0. The van der Waals surface area contributed by atoms with E-state index in [1.54, 1.807) is 13.8 Å². The van der Waals surface area contributed by atoms with E-state index < -0.39 is 10.8 Å². The van der Waals surface area contributed by atoms with Crippen LogP contribution in [-0.4, -0.2) is 39.4 Å². The molecule has 2 aromatic heterocycles. The van der Waals surface area contributed by atoms with Crippen LogP contribution in [0.5, 0.6) is 0 Å². The van der Waals surface area contributed by atoms with Gasteiger partial charge in [0.2, 0.25) is 5.13 Å².